The van der Waals surface area contributed by atoms with E-state index in [2.05, 4.69) is 32.4 Å². The van der Waals surface area contributed by atoms with Gasteiger partial charge in [-0.3, -0.25) is 0 Å². The van der Waals surface area contributed by atoms with E-state index in [0.29, 0.717) is 0 Å². The number of thiophene rings is 1. The van der Waals surface area contributed by atoms with Crippen LogP contribution in [-0.4, -0.2) is 30.2 Å². The van der Waals surface area contributed by atoms with Gasteiger partial charge in [0.2, 0.25) is 0 Å². The van der Waals surface area contributed by atoms with Crippen molar-refractivity contribution in [2.24, 2.45) is 0 Å². The molecule has 3 aromatic heterocycles. The number of hydrogen-bond donors (Lipinski definition) is 0. The average molecular weight is 381 g/mol. The molecule has 1 atom stereocenters. The highest BCUT2D eigenvalue weighted by Gasteiger charge is 2.24. The molecule has 1 unspecified atom stereocenters. The maximum Gasteiger partial charge on any atom is 0.169 e. The molecule has 0 saturated heterocycles. The number of nitrogens with zero attached hydrogens (tertiary/aromatic N) is 6. The Labute approximate surface area is 158 Å². The number of para-hydroxylation sites is 1. The van der Waals surface area contributed by atoms with E-state index in [9.17, 15) is 0 Å². The average Bonchev–Trinajstić information content (AvgIpc) is 3.38. The van der Waals surface area contributed by atoms with Crippen LogP contribution < -0.4 is 0 Å². The molecular formula is C18H16N6S2. The molecule has 130 valence electrons. The van der Waals surface area contributed by atoms with Crippen LogP contribution in [-0.2, 0) is 12.8 Å². The molecule has 4 aromatic rings. The number of benzene rings is 1. The standard InChI is InChI=1S/C18H16N6S2/c1-11(16-21-22-23-24(16)12-6-3-2-4-7-12)25-17-15-13-8-5-9-14(13)26-18(15)20-10-19-17/h2-4,6-7,10-11H,5,8-9H2,1H3. The first-order valence-electron chi connectivity index (χ1n) is 8.57. The second-order valence-corrected chi connectivity index (χ2v) is 8.67. The SMILES string of the molecule is CC(Sc1ncnc2sc3c(c12)CCC3)c1nnnn1-c1ccccc1. The van der Waals surface area contributed by atoms with Gasteiger partial charge in [-0.05, 0) is 54.3 Å². The van der Waals surface area contributed by atoms with Crippen LogP contribution in [0.5, 0.6) is 0 Å². The number of aromatic nitrogens is 6. The molecule has 3 heterocycles. The minimum Gasteiger partial charge on any atom is -0.229 e. The summed E-state index contributed by atoms with van der Waals surface area (Å²) in [4.78, 5) is 11.7. The first kappa shape index (κ1) is 15.9. The topological polar surface area (TPSA) is 69.4 Å². The summed E-state index contributed by atoms with van der Waals surface area (Å²) < 4.78 is 1.80. The van der Waals surface area contributed by atoms with Crippen molar-refractivity contribution in [2.45, 2.75) is 36.5 Å². The van der Waals surface area contributed by atoms with E-state index in [1.807, 2.05) is 41.7 Å². The number of fused-ring (bicyclic) bond motifs is 3. The van der Waals surface area contributed by atoms with Gasteiger partial charge in [0, 0.05) is 10.3 Å². The van der Waals surface area contributed by atoms with Crippen LogP contribution in [0, 0.1) is 0 Å². The molecule has 0 N–H and O–H groups in total. The Morgan fingerprint density at radius 1 is 1.15 bits per heavy atom. The van der Waals surface area contributed by atoms with Crippen molar-refractivity contribution in [3.63, 3.8) is 0 Å². The van der Waals surface area contributed by atoms with Crippen LogP contribution in [0.25, 0.3) is 15.9 Å². The third-order valence-electron chi connectivity index (χ3n) is 4.61. The van der Waals surface area contributed by atoms with E-state index in [1.54, 1.807) is 22.8 Å². The third-order valence-corrected chi connectivity index (χ3v) is 6.91. The molecule has 8 heteroatoms. The van der Waals surface area contributed by atoms with Gasteiger partial charge in [0.1, 0.15) is 16.2 Å². The molecule has 0 spiro atoms. The highest BCUT2D eigenvalue weighted by Crippen LogP contribution is 2.43. The van der Waals surface area contributed by atoms with Crippen LogP contribution in [0.3, 0.4) is 0 Å². The minimum absolute atomic E-state index is 0.0697. The Kier molecular flexibility index (Phi) is 3.94. The van der Waals surface area contributed by atoms with Crippen molar-refractivity contribution in [3.05, 3.63) is 52.9 Å². The monoisotopic (exact) mass is 380 g/mol. The summed E-state index contributed by atoms with van der Waals surface area (Å²) in [5.74, 6) is 0.819. The van der Waals surface area contributed by atoms with Gasteiger partial charge in [0.25, 0.3) is 0 Å². The lowest BCUT2D eigenvalue weighted by molar-refractivity contribution is 0.762. The quantitative estimate of drug-likeness (QED) is 0.394. The summed E-state index contributed by atoms with van der Waals surface area (Å²) in [6, 6.07) is 9.97. The van der Waals surface area contributed by atoms with Crippen molar-refractivity contribution in [1.29, 1.82) is 0 Å². The van der Waals surface area contributed by atoms with Crippen molar-refractivity contribution >= 4 is 33.3 Å². The van der Waals surface area contributed by atoms with Gasteiger partial charge in [0.15, 0.2) is 5.82 Å². The largest absolute Gasteiger partial charge is 0.229 e. The summed E-state index contributed by atoms with van der Waals surface area (Å²) >= 11 is 3.52. The van der Waals surface area contributed by atoms with Gasteiger partial charge in [-0.15, -0.1) is 16.4 Å². The van der Waals surface area contributed by atoms with E-state index >= 15 is 0 Å². The first-order chi connectivity index (χ1) is 12.8. The molecule has 0 fully saturated rings. The second-order valence-electron chi connectivity index (χ2n) is 6.26. The Bertz CT molecular complexity index is 1070. The predicted octanol–water partition coefficient (Wildman–Crippen LogP) is 4.01. The van der Waals surface area contributed by atoms with Gasteiger partial charge in [-0.1, -0.05) is 30.0 Å². The highest BCUT2D eigenvalue weighted by molar-refractivity contribution is 7.99. The fourth-order valence-corrected chi connectivity index (χ4v) is 5.74. The van der Waals surface area contributed by atoms with Crippen LogP contribution in [0.15, 0.2) is 41.7 Å². The Balaban J connectivity index is 1.52. The fraction of sp³-hybridized carbons (Fsp3) is 0.278. The van der Waals surface area contributed by atoms with Gasteiger partial charge in [0.05, 0.1) is 10.9 Å². The second kappa shape index (κ2) is 6.44. The van der Waals surface area contributed by atoms with Crippen molar-refractivity contribution in [2.75, 3.05) is 0 Å². The van der Waals surface area contributed by atoms with E-state index in [1.165, 1.54) is 28.7 Å². The number of hydrogen-bond acceptors (Lipinski definition) is 7. The van der Waals surface area contributed by atoms with Crippen molar-refractivity contribution in [1.82, 2.24) is 30.2 Å². The highest BCUT2D eigenvalue weighted by atomic mass is 32.2. The zero-order valence-electron chi connectivity index (χ0n) is 14.2. The molecule has 5 rings (SSSR count). The van der Waals surface area contributed by atoms with E-state index in [0.717, 1.165) is 27.8 Å². The van der Waals surface area contributed by atoms with Crippen LogP contribution in [0.1, 0.15) is 34.9 Å². The molecule has 0 saturated carbocycles. The van der Waals surface area contributed by atoms with Crippen LogP contribution in [0.4, 0.5) is 0 Å². The minimum atomic E-state index is 0.0697. The predicted molar refractivity (Wildman–Crippen MR) is 103 cm³/mol. The summed E-state index contributed by atoms with van der Waals surface area (Å²) in [7, 11) is 0. The number of thioether (sulfide) groups is 1. The molecule has 0 amide bonds. The molecule has 6 nitrogen and oxygen atoms in total. The molecule has 1 aromatic carbocycles. The van der Waals surface area contributed by atoms with E-state index < -0.39 is 0 Å². The van der Waals surface area contributed by atoms with Gasteiger partial charge in [-0.2, -0.15) is 4.68 Å². The normalized spacial score (nSPS) is 14.7. The van der Waals surface area contributed by atoms with Gasteiger partial charge < -0.3 is 0 Å². The van der Waals surface area contributed by atoms with Crippen LogP contribution >= 0.6 is 23.1 Å². The van der Waals surface area contributed by atoms with Gasteiger partial charge >= 0.3 is 0 Å². The summed E-state index contributed by atoms with van der Waals surface area (Å²) in [5, 5.41) is 14.7. The lowest BCUT2D eigenvalue weighted by Crippen LogP contribution is -2.05. The summed E-state index contributed by atoms with van der Waals surface area (Å²) in [5.41, 5.74) is 2.41. The lowest BCUT2D eigenvalue weighted by Gasteiger charge is -2.11. The molecular weight excluding hydrogens is 364 g/mol. The molecule has 0 radical (unpaired) electrons. The molecule has 1 aliphatic rings. The number of tetrazole rings is 1. The fourth-order valence-electron chi connectivity index (χ4n) is 3.41. The Morgan fingerprint density at radius 2 is 2.04 bits per heavy atom. The van der Waals surface area contributed by atoms with E-state index in [-0.39, 0.29) is 5.25 Å². The third kappa shape index (κ3) is 2.60. The first-order valence-corrected chi connectivity index (χ1v) is 10.3. The Morgan fingerprint density at radius 3 is 2.92 bits per heavy atom. The van der Waals surface area contributed by atoms with Crippen LogP contribution in [0.2, 0.25) is 0 Å². The van der Waals surface area contributed by atoms with Gasteiger partial charge in [-0.25, -0.2) is 9.97 Å². The molecule has 0 bridgehead atoms. The maximum absolute atomic E-state index is 4.59. The van der Waals surface area contributed by atoms with Crippen molar-refractivity contribution < 1.29 is 0 Å². The Hall–Kier alpha value is -2.32. The van der Waals surface area contributed by atoms with Crippen molar-refractivity contribution in [3.8, 4) is 5.69 Å². The zero-order chi connectivity index (χ0) is 17.5. The maximum atomic E-state index is 4.59. The summed E-state index contributed by atoms with van der Waals surface area (Å²) in [6.07, 6.45) is 5.20. The molecule has 0 aliphatic heterocycles. The lowest BCUT2D eigenvalue weighted by atomic mass is 10.2. The smallest absolute Gasteiger partial charge is 0.169 e. The number of aryl methyl sites for hydroxylation is 2. The van der Waals surface area contributed by atoms with E-state index in [4.69, 9.17) is 0 Å². The number of rotatable bonds is 4. The zero-order valence-corrected chi connectivity index (χ0v) is 15.8. The molecule has 1 aliphatic carbocycles. The summed E-state index contributed by atoms with van der Waals surface area (Å²) in [6.45, 7) is 2.12. The molecule has 26 heavy (non-hydrogen) atoms.